The van der Waals surface area contributed by atoms with Gasteiger partial charge in [0.1, 0.15) is 6.04 Å². The Kier molecular flexibility index (Phi) is 5.24. The predicted molar refractivity (Wildman–Crippen MR) is 113 cm³/mol. The lowest BCUT2D eigenvalue weighted by atomic mass is 9.93. The van der Waals surface area contributed by atoms with Crippen molar-refractivity contribution in [3.8, 4) is 0 Å². The first-order chi connectivity index (χ1) is 14.0. The third kappa shape index (κ3) is 3.70. The average Bonchev–Trinajstić information content (AvgIpc) is 2.91. The van der Waals surface area contributed by atoms with Crippen molar-refractivity contribution >= 4 is 28.9 Å². The second kappa shape index (κ2) is 7.84. The minimum Gasteiger partial charge on any atom is -0.469 e. The molecule has 4 rings (SSSR count). The van der Waals surface area contributed by atoms with Crippen LogP contribution >= 0.6 is 11.6 Å². The Morgan fingerprint density at radius 2 is 1.86 bits per heavy atom. The monoisotopic (exact) mass is 408 g/mol. The lowest BCUT2D eigenvalue weighted by molar-refractivity contribution is -0.141. The Morgan fingerprint density at radius 3 is 2.55 bits per heavy atom. The molecular formula is C23H21ClN2O3. The molecule has 148 valence electrons. The molecule has 0 radical (unpaired) electrons. The van der Waals surface area contributed by atoms with Crippen LogP contribution in [-0.2, 0) is 9.53 Å². The molecule has 2 aromatic rings. The third-order valence-corrected chi connectivity index (χ3v) is 5.38. The summed E-state index contributed by atoms with van der Waals surface area (Å²) in [6, 6.07) is 7.01. The molecule has 6 heteroatoms. The number of ether oxygens (including phenoxy) is 1. The van der Waals surface area contributed by atoms with Crippen LogP contribution in [0.4, 0.5) is 0 Å². The van der Waals surface area contributed by atoms with Gasteiger partial charge in [0.15, 0.2) is 5.76 Å². The maximum absolute atomic E-state index is 12.1. The predicted octanol–water partition coefficient (Wildman–Crippen LogP) is 5.26. The van der Waals surface area contributed by atoms with E-state index in [0.717, 1.165) is 33.7 Å². The minimum atomic E-state index is -0.532. The van der Waals surface area contributed by atoms with Gasteiger partial charge in [-0.1, -0.05) is 60.1 Å². The first-order valence-corrected chi connectivity index (χ1v) is 9.84. The largest absolute Gasteiger partial charge is 0.469 e. The second-order valence-electron chi connectivity index (χ2n) is 7.19. The summed E-state index contributed by atoms with van der Waals surface area (Å²) < 4.78 is 10.6. The van der Waals surface area contributed by atoms with E-state index < -0.39 is 6.04 Å². The number of aryl methyl sites for hydroxylation is 1. The SMILES string of the molecule is COC(=O)CC1N=C(c2ccc(Cl)cc2)C2=C(C=CC(C)C=C2)c2c(C)noc21. The topological polar surface area (TPSA) is 64.7 Å². The quantitative estimate of drug-likeness (QED) is 0.650. The molecule has 0 saturated heterocycles. The van der Waals surface area contributed by atoms with Gasteiger partial charge in [0.05, 0.1) is 30.5 Å². The zero-order valence-corrected chi connectivity index (χ0v) is 17.2. The lowest BCUT2D eigenvalue weighted by Crippen LogP contribution is -2.10. The summed E-state index contributed by atoms with van der Waals surface area (Å²) in [7, 11) is 1.37. The smallest absolute Gasteiger partial charge is 0.308 e. The summed E-state index contributed by atoms with van der Waals surface area (Å²) >= 11 is 6.10. The van der Waals surface area contributed by atoms with E-state index in [1.165, 1.54) is 7.11 Å². The molecule has 2 unspecified atom stereocenters. The fourth-order valence-electron chi connectivity index (χ4n) is 3.61. The summed E-state index contributed by atoms with van der Waals surface area (Å²) in [6.45, 7) is 4.03. The maximum Gasteiger partial charge on any atom is 0.308 e. The first kappa shape index (κ1) is 19.4. The molecule has 1 aromatic heterocycles. The van der Waals surface area contributed by atoms with Crippen LogP contribution in [-0.4, -0.2) is 23.9 Å². The molecule has 29 heavy (non-hydrogen) atoms. The number of fused-ring (bicyclic) bond motifs is 2. The van der Waals surface area contributed by atoms with Crippen LogP contribution in [0.2, 0.25) is 5.02 Å². The molecular weight excluding hydrogens is 388 g/mol. The van der Waals surface area contributed by atoms with E-state index in [1.807, 2.05) is 31.2 Å². The standard InChI is InChI=1S/C23H21ClN2O3/c1-13-4-10-17-18(11-5-13)22(15-6-8-16(24)9-7-15)25-19(12-20(27)28-3)23-21(17)14(2)26-29-23/h4-11,13,19H,12H2,1-3H3. The second-order valence-corrected chi connectivity index (χ2v) is 7.63. The van der Waals surface area contributed by atoms with E-state index in [2.05, 4.69) is 36.4 Å². The van der Waals surface area contributed by atoms with Crippen LogP contribution in [0.25, 0.3) is 5.57 Å². The summed E-state index contributed by atoms with van der Waals surface area (Å²) in [5, 5.41) is 4.82. The van der Waals surface area contributed by atoms with Gasteiger partial charge in [0, 0.05) is 16.2 Å². The van der Waals surface area contributed by atoms with E-state index in [1.54, 1.807) is 0 Å². The Hall–Kier alpha value is -2.92. The molecule has 1 aliphatic heterocycles. The average molecular weight is 409 g/mol. The molecule has 5 nitrogen and oxygen atoms in total. The fraction of sp³-hybridized carbons (Fsp3) is 0.261. The van der Waals surface area contributed by atoms with E-state index in [0.29, 0.717) is 10.8 Å². The van der Waals surface area contributed by atoms with Gasteiger partial charge >= 0.3 is 5.97 Å². The Bertz CT molecular complexity index is 1070. The number of carbonyl (C=O) groups is 1. The number of halogens is 1. The molecule has 2 heterocycles. The highest BCUT2D eigenvalue weighted by atomic mass is 35.5. The van der Waals surface area contributed by atoms with Crippen molar-refractivity contribution in [2.75, 3.05) is 7.11 Å². The van der Waals surface area contributed by atoms with Crippen LogP contribution in [0.1, 0.15) is 42.0 Å². The minimum absolute atomic E-state index is 0.0691. The van der Waals surface area contributed by atoms with Gasteiger partial charge in [0.25, 0.3) is 0 Å². The van der Waals surface area contributed by atoms with Gasteiger partial charge < -0.3 is 9.26 Å². The molecule has 0 saturated carbocycles. The number of methoxy groups -OCH3 is 1. The normalized spacial score (nSPS) is 20.5. The molecule has 0 amide bonds. The molecule has 0 fully saturated rings. The number of benzene rings is 1. The van der Waals surface area contributed by atoms with Crippen molar-refractivity contribution in [3.05, 3.63) is 81.7 Å². The van der Waals surface area contributed by atoms with Gasteiger partial charge in [0.2, 0.25) is 0 Å². The van der Waals surface area contributed by atoms with Crippen LogP contribution in [0, 0.1) is 12.8 Å². The van der Waals surface area contributed by atoms with Crippen molar-refractivity contribution in [1.82, 2.24) is 5.16 Å². The fourth-order valence-corrected chi connectivity index (χ4v) is 3.73. The molecule has 2 atom stereocenters. The maximum atomic E-state index is 12.1. The molecule has 2 aliphatic rings. The first-order valence-electron chi connectivity index (χ1n) is 9.46. The number of rotatable bonds is 3. The molecule has 1 aromatic carbocycles. The van der Waals surface area contributed by atoms with Crippen LogP contribution in [0.5, 0.6) is 0 Å². The van der Waals surface area contributed by atoms with Crippen molar-refractivity contribution < 1.29 is 14.1 Å². The van der Waals surface area contributed by atoms with Gasteiger partial charge in [-0.05, 0) is 30.5 Å². The van der Waals surface area contributed by atoms with Crippen molar-refractivity contribution in [3.63, 3.8) is 0 Å². The van der Waals surface area contributed by atoms with Gasteiger partial charge in [-0.2, -0.15) is 0 Å². The van der Waals surface area contributed by atoms with E-state index in [-0.39, 0.29) is 18.3 Å². The van der Waals surface area contributed by atoms with Crippen LogP contribution in [0.15, 0.2) is 63.7 Å². The Morgan fingerprint density at radius 1 is 1.17 bits per heavy atom. The number of allylic oxidation sites excluding steroid dienone is 6. The summed E-state index contributed by atoms with van der Waals surface area (Å²) in [6.07, 6.45) is 8.52. The molecule has 0 bridgehead atoms. The number of aromatic nitrogens is 1. The number of aliphatic imine (C=N–C) groups is 1. The van der Waals surface area contributed by atoms with Crippen molar-refractivity contribution in [2.45, 2.75) is 26.3 Å². The van der Waals surface area contributed by atoms with Gasteiger partial charge in [-0.15, -0.1) is 0 Å². The number of carbonyl (C=O) groups excluding carboxylic acids is 1. The summed E-state index contributed by atoms with van der Waals surface area (Å²) in [4.78, 5) is 17.1. The van der Waals surface area contributed by atoms with Crippen molar-refractivity contribution in [1.29, 1.82) is 0 Å². The highest BCUT2D eigenvalue weighted by Crippen LogP contribution is 2.40. The van der Waals surface area contributed by atoms with Crippen LogP contribution < -0.4 is 0 Å². The summed E-state index contributed by atoms with van der Waals surface area (Å²) in [5.74, 6) is 0.505. The number of nitrogens with zero attached hydrogens (tertiary/aromatic N) is 2. The summed E-state index contributed by atoms with van der Waals surface area (Å²) in [5.41, 5.74) is 5.30. The van der Waals surface area contributed by atoms with E-state index in [9.17, 15) is 4.79 Å². The highest BCUT2D eigenvalue weighted by Gasteiger charge is 2.32. The zero-order chi connectivity index (χ0) is 20.5. The van der Waals surface area contributed by atoms with Gasteiger partial charge in [-0.3, -0.25) is 9.79 Å². The third-order valence-electron chi connectivity index (χ3n) is 5.13. The highest BCUT2D eigenvalue weighted by molar-refractivity contribution is 6.31. The molecule has 1 aliphatic carbocycles. The number of hydrogen-bond donors (Lipinski definition) is 0. The Labute approximate surface area is 174 Å². The van der Waals surface area contributed by atoms with E-state index >= 15 is 0 Å². The number of esters is 1. The molecule has 0 N–H and O–H groups in total. The number of hydrogen-bond acceptors (Lipinski definition) is 5. The van der Waals surface area contributed by atoms with Crippen molar-refractivity contribution in [2.24, 2.45) is 10.9 Å². The zero-order valence-electron chi connectivity index (χ0n) is 16.5. The Balaban J connectivity index is 1.98. The van der Waals surface area contributed by atoms with Gasteiger partial charge in [-0.25, -0.2) is 0 Å². The molecule has 0 spiro atoms. The van der Waals surface area contributed by atoms with E-state index in [4.69, 9.17) is 25.9 Å². The lowest BCUT2D eigenvalue weighted by Gasteiger charge is -2.12. The van der Waals surface area contributed by atoms with Crippen LogP contribution in [0.3, 0.4) is 0 Å².